The molecule has 0 radical (unpaired) electrons. The summed E-state index contributed by atoms with van der Waals surface area (Å²) in [6, 6.07) is 10.8. The average Bonchev–Trinajstić information content (AvgIpc) is 2.99. The summed E-state index contributed by atoms with van der Waals surface area (Å²) < 4.78 is 5.54. The second kappa shape index (κ2) is 8.27. The van der Waals surface area contributed by atoms with Crippen molar-refractivity contribution >= 4 is 11.3 Å². The van der Waals surface area contributed by atoms with E-state index in [1.165, 1.54) is 5.56 Å². The van der Waals surface area contributed by atoms with Gasteiger partial charge in [-0.15, -0.1) is 11.3 Å². The van der Waals surface area contributed by atoms with E-state index in [0.717, 1.165) is 30.0 Å². The molecule has 0 bridgehead atoms. The fourth-order valence-corrected chi connectivity index (χ4v) is 3.39. The molecule has 0 aliphatic heterocycles. The zero-order valence-corrected chi connectivity index (χ0v) is 13.8. The summed E-state index contributed by atoms with van der Waals surface area (Å²) in [5.41, 5.74) is 2.43. The van der Waals surface area contributed by atoms with Crippen LogP contribution in [0.4, 0.5) is 0 Å². The van der Waals surface area contributed by atoms with Crippen LogP contribution in [0, 0.1) is 0 Å². The van der Waals surface area contributed by atoms with Crippen molar-refractivity contribution in [2.24, 2.45) is 0 Å². The highest BCUT2D eigenvalue weighted by molar-refractivity contribution is 7.09. The number of methoxy groups -OCH3 is 1. The largest absolute Gasteiger partial charge is 0.374 e. The lowest BCUT2D eigenvalue weighted by atomic mass is 10.0. The van der Waals surface area contributed by atoms with Crippen molar-refractivity contribution in [1.82, 2.24) is 10.3 Å². The van der Waals surface area contributed by atoms with E-state index in [4.69, 9.17) is 9.72 Å². The molecule has 0 fully saturated rings. The number of rotatable bonds is 8. The van der Waals surface area contributed by atoms with Crippen molar-refractivity contribution in [3.05, 3.63) is 52.0 Å². The molecule has 4 heteroatoms. The monoisotopic (exact) mass is 304 g/mol. The Morgan fingerprint density at radius 2 is 2.05 bits per heavy atom. The molecule has 1 N–H and O–H groups in total. The second-order valence-electron chi connectivity index (χ2n) is 5.15. The highest BCUT2D eigenvalue weighted by Crippen LogP contribution is 2.27. The van der Waals surface area contributed by atoms with Gasteiger partial charge in [-0.25, -0.2) is 4.98 Å². The predicted octanol–water partition coefficient (Wildman–Crippen LogP) is 4.13. The van der Waals surface area contributed by atoms with Crippen LogP contribution in [0.15, 0.2) is 35.7 Å². The first kappa shape index (κ1) is 16.1. The van der Waals surface area contributed by atoms with E-state index < -0.39 is 0 Å². The fourth-order valence-electron chi connectivity index (χ4n) is 2.45. The number of hydrogen-bond donors (Lipinski definition) is 1. The summed E-state index contributed by atoms with van der Waals surface area (Å²) in [4.78, 5) is 4.77. The SMILES string of the molecule is CCCC(OC)c1nc(CC(NC)c2ccccc2)cs1. The van der Waals surface area contributed by atoms with Crippen LogP contribution in [-0.2, 0) is 11.2 Å². The molecule has 0 aliphatic rings. The maximum Gasteiger partial charge on any atom is 0.122 e. The van der Waals surface area contributed by atoms with Crippen LogP contribution in [0.2, 0.25) is 0 Å². The number of ether oxygens (including phenoxy) is 1. The highest BCUT2D eigenvalue weighted by atomic mass is 32.1. The molecule has 2 aromatic rings. The smallest absolute Gasteiger partial charge is 0.122 e. The number of nitrogens with zero attached hydrogens (tertiary/aromatic N) is 1. The van der Waals surface area contributed by atoms with Crippen LogP contribution in [0.3, 0.4) is 0 Å². The Morgan fingerprint density at radius 3 is 2.67 bits per heavy atom. The number of hydrogen-bond acceptors (Lipinski definition) is 4. The quantitative estimate of drug-likeness (QED) is 0.796. The molecule has 1 aromatic heterocycles. The van der Waals surface area contributed by atoms with Crippen LogP contribution < -0.4 is 5.32 Å². The minimum atomic E-state index is 0.138. The molecule has 0 amide bonds. The van der Waals surface area contributed by atoms with Crippen molar-refractivity contribution in [3.63, 3.8) is 0 Å². The molecule has 3 nitrogen and oxygen atoms in total. The standard InChI is InChI=1S/C17H24N2OS/c1-4-8-16(20-3)17-19-14(12-21-17)11-15(18-2)13-9-6-5-7-10-13/h5-7,9-10,12,15-16,18H,4,8,11H2,1-3H3. The second-order valence-corrected chi connectivity index (χ2v) is 6.04. The summed E-state index contributed by atoms with van der Waals surface area (Å²) in [5.74, 6) is 0. The van der Waals surface area contributed by atoms with E-state index in [-0.39, 0.29) is 6.10 Å². The van der Waals surface area contributed by atoms with Gasteiger partial charge >= 0.3 is 0 Å². The van der Waals surface area contributed by atoms with Crippen molar-refractivity contribution in [1.29, 1.82) is 0 Å². The molecule has 0 spiro atoms. The number of aromatic nitrogens is 1. The maximum absolute atomic E-state index is 5.54. The molecule has 2 unspecified atom stereocenters. The molecule has 114 valence electrons. The Balaban J connectivity index is 2.07. The third-order valence-electron chi connectivity index (χ3n) is 3.64. The normalized spacial score (nSPS) is 14.0. The number of benzene rings is 1. The van der Waals surface area contributed by atoms with E-state index in [1.807, 2.05) is 13.1 Å². The Hall–Kier alpha value is -1.23. The van der Waals surface area contributed by atoms with Crippen LogP contribution in [0.25, 0.3) is 0 Å². The molecule has 1 aromatic carbocycles. The van der Waals surface area contributed by atoms with E-state index in [1.54, 1.807) is 18.4 Å². The lowest BCUT2D eigenvalue weighted by Crippen LogP contribution is -2.19. The summed E-state index contributed by atoms with van der Waals surface area (Å²) in [5, 5.41) is 6.63. The van der Waals surface area contributed by atoms with E-state index >= 15 is 0 Å². The Bertz CT molecular complexity index is 527. The van der Waals surface area contributed by atoms with Gasteiger partial charge in [0, 0.05) is 25.0 Å². The molecular weight excluding hydrogens is 280 g/mol. The third-order valence-corrected chi connectivity index (χ3v) is 4.63. The number of likely N-dealkylation sites (N-methyl/N-ethyl adjacent to an activating group) is 1. The van der Waals surface area contributed by atoms with Gasteiger partial charge in [0.2, 0.25) is 0 Å². The molecule has 0 aliphatic carbocycles. The maximum atomic E-state index is 5.54. The Labute approximate surface area is 131 Å². The van der Waals surface area contributed by atoms with Crippen LogP contribution in [-0.4, -0.2) is 19.1 Å². The van der Waals surface area contributed by atoms with Crippen LogP contribution >= 0.6 is 11.3 Å². The molecule has 0 saturated heterocycles. The lowest BCUT2D eigenvalue weighted by molar-refractivity contribution is 0.0946. The van der Waals surface area contributed by atoms with Gasteiger partial charge < -0.3 is 10.1 Å². The molecule has 1 heterocycles. The summed E-state index contributed by atoms with van der Waals surface area (Å²) in [6.07, 6.45) is 3.17. The van der Waals surface area contributed by atoms with Gasteiger partial charge in [0.1, 0.15) is 11.1 Å². The molecule has 2 atom stereocenters. The average molecular weight is 304 g/mol. The topological polar surface area (TPSA) is 34.1 Å². The number of thiazole rings is 1. The molecule has 0 saturated carbocycles. The van der Waals surface area contributed by atoms with Crippen LogP contribution in [0.5, 0.6) is 0 Å². The summed E-state index contributed by atoms with van der Waals surface area (Å²) in [7, 11) is 3.77. The van der Waals surface area contributed by atoms with Gasteiger partial charge in [0.25, 0.3) is 0 Å². The Morgan fingerprint density at radius 1 is 1.29 bits per heavy atom. The minimum Gasteiger partial charge on any atom is -0.374 e. The first-order chi connectivity index (χ1) is 10.3. The summed E-state index contributed by atoms with van der Waals surface area (Å²) in [6.45, 7) is 2.17. The summed E-state index contributed by atoms with van der Waals surface area (Å²) >= 11 is 1.71. The zero-order valence-electron chi connectivity index (χ0n) is 13.0. The van der Waals surface area contributed by atoms with E-state index in [2.05, 4.69) is 41.9 Å². The minimum absolute atomic E-state index is 0.138. The zero-order chi connectivity index (χ0) is 15.1. The Kier molecular flexibility index (Phi) is 6.36. The van der Waals surface area contributed by atoms with Crippen molar-refractivity contribution in [2.45, 2.75) is 38.3 Å². The number of nitrogens with one attached hydrogen (secondary N) is 1. The van der Waals surface area contributed by atoms with Crippen LogP contribution in [0.1, 0.15) is 48.2 Å². The fraction of sp³-hybridized carbons (Fsp3) is 0.471. The first-order valence-electron chi connectivity index (χ1n) is 7.47. The van der Waals surface area contributed by atoms with Gasteiger partial charge in [-0.05, 0) is 19.0 Å². The van der Waals surface area contributed by atoms with Gasteiger partial charge in [-0.1, -0.05) is 43.7 Å². The first-order valence-corrected chi connectivity index (χ1v) is 8.35. The van der Waals surface area contributed by atoms with Gasteiger partial charge in [0.15, 0.2) is 0 Å². The van der Waals surface area contributed by atoms with Gasteiger partial charge in [-0.3, -0.25) is 0 Å². The molecular formula is C17H24N2OS. The van der Waals surface area contributed by atoms with E-state index in [9.17, 15) is 0 Å². The predicted molar refractivity (Wildman–Crippen MR) is 88.7 cm³/mol. The van der Waals surface area contributed by atoms with Gasteiger partial charge in [-0.2, -0.15) is 0 Å². The van der Waals surface area contributed by atoms with E-state index in [0.29, 0.717) is 6.04 Å². The van der Waals surface area contributed by atoms with Crippen molar-refractivity contribution in [2.75, 3.05) is 14.2 Å². The molecule has 21 heavy (non-hydrogen) atoms. The molecule has 2 rings (SSSR count). The highest BCUT2D eigenvalue weighted by Gasteiger charge is 2.16. The van der Waals surface area contributed by atoms with Crippen molar-refractivity contribution in [3.8, 4) is 0 Å². The third kappa shape index (κ3) is 4.37. The van der Waals surface area contributed by atoms with Gasteiger partial charge in [0.05, 0.1) is 5.69 Å². The van der Waals surface area contributed by atoms with Crippen molar-refractivity contribution < 1.29 is 4.74 Å². The lowest BCUT2D eigenvalue weighted by Gasteiger charge is -2.15.